The van der Waals surface area contributed by atoms with Gasteiger partial charge >= 0.3 is 0 Å². The van der Waals surface area contributed by atoms with E-state index in [1.807, 2.05) is 44.2 Å². The third-order valence-corrected chi connectivity index (χ3v) is 5.95. The van der Waals surface area contributed by atoms with Crippen LogP contribution in [0.2, 0.25) is 0 Å². The van der Waals surface area contributed by atoms with Crippen LogP contribution in [0.15, 0.2) is 30.3 Å². The summed E-state index contributed by atoms with van der Waals surface area (Å²) in [5, 5.41) is -0.0680. The molecule has 2 amide bonds. The average Bonchev–Trinajstić information content (AvgIpc) is 2.75. The lowest BCUT2D eigenvalue weighted by Crippen LogP contribution is -2.69. The maximum absolute atomic E-state index is 12.9. The molecule has 6 heteroatoms. The van der Waals surface area contributed by atoms with Gasteiger partial charge in [0.1, 0.15) is 17.5 Å². The van der Waals surface area contributed by atoms with Crippen molar-refractivity contribution in [1.82, 2.24) is 9.80 Å². The molecule has 0 radical (unpaired) electrons. The third-order valence-electron chi connectivity index (χ3n) is 4.35. The first kappa shape index (κ1) is 15.4. The number of nitrogens with zero attached hydrogens (tertiary/aromatic N) is 2. The van der Waals surface area contributed by atoms with Gasteiger partial charge in [-0.3, -0.25) is 9.59 Å². The predicted molar refractivity (Wildman–Crippen MR) is 87.0 cm³/mol. The zero-order valence-electron chi connectivity index (χ0n) is 13.0. The van der Waals surface area contributed by atoms with E-state index in [-0.39, 0.29) is 21.9 Å². The summed E-state index contributed by atoms with van der Waals surface area (Å²) in [6.07, 6.45) is 0. The number of amides is 2. The van der Waals surface area contributed by atoms with Crippen molar-refractivity contribution in [3.8, 4) is 0 Å². The molecule has 0 bridgehead atoms. The summed E-state index contributed by atoms with van der Waals surface area (Å²) in [6, 6.07) is 8.93. The van der Waals surface area contributed by atoms with Gasteiger partial charge in [0.05, 0.1) is 0 Å². The Balaban J connectivity index is 1.77. The van der Waals surface area contributed by atoms with E-state index < -0.39 is 12.1 Å². The SMILES string of the molecule is CN(Cc1ccccc1)C(=O)C1N2C(=O)C(N)C2SC1(C)C. The summed E-state index contributed by atoms with van der Waals surface area (Å²) >= 11 is 1.62. The van der Waals surface area contributed by atoms with Gasteiger partial charge < -0.3 is 15.5 Å². The monoisotopic (exact) mass is 319 g/mol. The molecule has 2 aliphatic heterocycles. The second-order valence-corrected chi connectivity index (χ2v) is 8.24. The number of thioether (sulfide) groups is 1. The van der Waals surface area contributed by atoms with E-state index in [1.165, 1.54) is 0 Å². The zero-order valence-corrected chi connectivity index (χ0v) is 13.8. The van der Waals surface area contributed by atoms with Crippen molar-refractivity contribution >= 4 is 23.6 Å². The Morgan fingerprint density at radius 1 is 1.36 bits per heavy atom. The Morgan fingerprint density at radius 3 is 2.64 bits per heavy atom. The third kappa shape index (κ3) is 2.30. The molecular formula is C16H21N3O2S. The molecule has 118 valence electrons. The molecule has 0 aromatic heterocycles. The predicted octanol–water partition coefficient (Wildman–Crippen LogP) is 1.03. The minimum Gasteiger partial charge on any atom is -0.340 e. The lowest BCUT2D eigenvalue weighted by molar-refractivity contribution is -0.155. The van der Waals surface area contributed by atoms with Crippen molar-refractivity contribution in [2.75, 3.05) is 7.05 Å². The molecule has 2 fully saturated rings. The van der Waals surface area contributed by atoms with Crippen LogP contribution in [0.3, 0.4) is 0 Å². The number of rotatable bonds is 3. The molecule has 0 spiro atoms. The van der Waals surface area contributed by atoms with Gasteiger partial charge in [-0.1, -0.05) is 30.3 Å². The van der Waals surface area contributed by atoms with Crippen LogP contribution in [0, 0.1) is 0 Å². The highest BCUT2D eigenvalue weighted by atomic mass is 32.2. The lowest BCUT2D eigenvalue weighted by Gasteiger charge is -2.43. The van der Waals surface area contributed by atoms with Crippen LogP contribution in [0.1, 0.15) is 19.4 Å². The number of hydrogen-bond acceptors (Lipinski definition) is 4. The van der Waals surface area contributed by atoms with Crippen molar-refractivity contribution in [3.05, 3.63) is 35.9 Å². The molecule has 2 N–H and O–H groups in total. The van der Waals surface area contributed by atoms with E-state index in [2.05, 4.69) is 0 Å². The van der Waals surface area contributed by atoms with E-state index in [0.717, 1.165) is 5.56 Å². The second kappa shape index (κ2) is 5.28. The highest BCUT2D eigenvalue weighted by molar-refractivity contribution is 8.01. The van der Waals surface area contributed by atoms with Crippen LogP contribution in [0.25, 0.3) is 0 Å². The summed E-state index contributed by atoms with van der Waals surface area (Å²) in [5.41, 5.74) is 6.93. The summed E-state index contributed by atoms with van der Waals surface area (Å²) in [5.74, 6) is -0.140. The molecule has 3 unspecified atom stereocenters. The Morgan fingerprint density at radius 2 is 2.00 bits per heavy atom. The fourth-order valence-electron chi connectivity index (χ4n) is 3.19. The molecule has 22 heavy (non-hydrogen) atoms. The first-order valence-electron chi connectivity index (χ1n) is 7.37. The smallest absolute Gasteiger partial charge is 0.246 e. The van der Waals surface area contributed by atoms with Gasteiger partial charge in [0.25, 0.3) is 0 Å². The average molecular weight is 319 g/mol. The minimum atomic E-state index is -0.471. The molecule has 2 aliphatic rings. The molecule has 5 nitrogen and oxygen atoms in total. The van der Waals surface area contributed by atoms with E-state index in [1.54, 1.807) is 28.6 Å². The molecular weight excluding hydrogens is 298 g/mol. The summed E-state index contributed by atoms with van der Waals surface area (Å²) in [6.45, 7) is 4.56. The molecule has 2 saturated heterocycles. The molecule has 3 rings (SSSR count). The van der Waals surface area contributed by atoms with Crippen LogP contribution in [-0.4, -0.2) is 50.9 Å². The normalized spacial score (nSPS) is 29.0. The number of hydrogen-bond donors (Lipinski definition) is 1. The highest BCUT2D eigenvalue weighted by Gasteiger charge is 2.62. The maximum atomic E-state index is 12.9. The number of likely N-dealkylation sites (N-methyl/N-ethyl adjacent to an activating group) is 1. The van der Waals surface area contributed by atoms with Crippen molar-refractivity contribution in [3.63, 3.8) is 0 Å². The molecule has 2 heterocycles. The molecule has 3 atom stereocenters. The summed E-state index contributed by atoms with van der Waals surface area (Å²) < 4.78 is -0.323. The fraction of sp³-hybridized carbons (Fsp3) is 0.500. The van der Waals surface area contributed by atoms with Crippen molar-refractivity contribution in [2.24, 2.45) is 5.73 Å². The number of carbonyl (C=O) groups is 2. The number of nitrogens with two attached hydrogens (primary N) is 1. The number of benzene rings is 1. The largest absolute Gasteiger partial charge is 0.340 e. The molecule has 0 aliphatic carbocycles. The first-order valence-corrected chi connectivity index (χ1v) is 8.25. The zero-order chi connectivity index (χ0) is 16.1. The van der Waals surface area contributed by atoms with Crippen molar-refractivity contribution < 1.29 is 9.59 Å². The summed E-state index contributed by atoms with van der Waals surface area (Å²) in [4.78, 5) is 28.3. The number of β-lactam (4-membered cyclic amide) rings is 1. The van der Waals surface area contributed by atoms with Crippen LogP contribution >= 0.6 is 11.8 Å². The standard InChI is InChI=1S/C16H21N3O2S/c1-16(2)12(19-13(20)11(17)15(19)22-16)14(21)18(3)9-10-7-5-4-6-8-10/h4-8,11-12,15H,9,17H2,1-3H3. The van der Waals surface area contributed by atoms with Gasteiger partial charge in [0.15, 0.2) is 0 Å². The van der Waals surface area contributed by atoms with E-state index >= 15 is 0 Å². The molecule has 1 aromatic carbocycles. The van der Waals surface area contributed by atoms with E-state index in [4.69, 9.17) is 5.73 Å². The van der Waals surface area contributed by atoms with E-state index in [0.29, 0.717) is 6.54 Å². The van der Waals surface area contributed by atoms with Crippen LogP contribution in [0.4, 0.5) is 0 Å². The number of carbonyl (C=O) groups excluding carboxylic acids is 2. The van der Waals surface area contributed by atoms with Gasteiger partial charge in [-0.25, -0.2) is 0 Å². The lowest BCUT2D eigenvalue weighted by atomic mass is 9.95. The first-order chi connectivity index (χ1) is 10.3. The van der Waals surface area contributed by atoms with Gasteiger partial charge in [0, 0.05) is 18.3 Å². The quantitative estimate of drug-likeness (QED) is 0.845. The Labute approximate surface area is 134 Å². The van der Waals surface area contributed by atoms with Gasteiger partial charge in [-0.2, -0.15) is 0 Å². The molecule has 1 aromatic rings. The van der Waals surface area contributed by atoms with Gasteiger partial charge in [0.2, 0.25) is 11.8 Å². The van der Waals surface area contributed by atoms with Gasteiger partial charge in [-0.15, -0.1) is 11.8 Å². The highest BCUT2D eigenvalue weighted by Crippen LogP contribution is 2.50. The van der Waals surface area contributed by atoms with Crippen LogP contribution in [0.5, 0.6) is 0 Å². The number of fused-ring (bicyclic) bond motifs is 1. The topological polar surface area (TPSA) is 66.6 Å². The Hall–Kier alpha value is -1.53. The van der Waals surface area contributed by atoms with Crippen LogP contribution < -0.4 is 5.73 Å². The fourth-order valence-corrected chi connectivity index (χ4v) is 4.75. The van der Waals surface area contributed by atoms with Crippen LogP contribution in [-0.2, 0) is 16.1 Å². The van der Waals surface area contributed by atoms with Crippen molar-refractivity contribution in [1.29, 1.82) is 0 Å². The van der Waals surface area contributed by atoms with Gasteiger partial charge in [-0.05, 0) is 19.4 Å². The maximum Gasteiger partial charge on any atom is 0.246 e. The van der Waals surface area contributed by atoms with Crippen molar-refractivity contribution in [2.45, 2.75) is 42.6 Å². The molecule has 0 saturated carbocycles. The van der Waals surface area contributed by atoms with E-state index in [9.17, 15) is 9.59 Å². The Bertz CT molecular complexity index is 605. The summed E-state index contributed by atoms with van der Waals surface area (Å²) in [7, 11) is 1.79. The second-order valence-electron chi connectivity index (χ2n) is 6.47. The minimum absolute atomic E-state index is 0.0240. The Kier molecular flexibility index (Phi) is 3.69.